The molecule has 1 N–H and O–H groups in total. The van der Waals surface area contributed by atoms with E-state index in [1.807, 2.05) is 48.5 Å². The van der Waals surface area contributed by atoms with E-state index in [1.54, 1.807) is 21.3 Å². The number of methoxy groups -OCH3 is 3. The molecule has 5 nitrogen and oxygen atoms in total. The number of aryl methyl sites for hydroxylation is 1. The van der Waals surface area contributed by atoms with Gasteiger partial charge < -0.3 is 19.5 Å². The van der Waals surface area contributed by atoms with E-state index >= 15 is 0 Å². The molecule has 2 aromatic rings. The Hall–Kier alpha value is -2.53. The van der Waals surface area contributed by atoms with Crippen molar-refractivity contribution in [2.75, 3.05) is 27.9 Å². The van der Waals surface area contributed by atoms with Crippen molar-refractivity contribution in [2.45, 2.75) is 18.9 Å². The van der Waals surface area contributed by atoms with Crippen LogP contribution in [0.1, 0.15) is 23.7 Å². The topological polar surface area (TPSA) is 56.8 Å². The van der Waals surface area contributed by atoms with E-state index in [1.165, 1.54) is 0 Å². The standard InChI is InChI=1S/C20H25NO4/c1-23-17-10-7-15(8-11-17)9-12-20(22)21-14-19(25-3)16-5-4-6-18(13-16)24-2/h4-8,10-11,13,19H,9,12,14H2,1-3H3,(H,21,22)/t19-/m0/s1. The molecule has 1 amide bonds. The van der Waals surface area contributed by atoms with Crippen LogP contribution in [0.15, 0.2) is 48.5 Å². The molecule has 0 saturated heterocycles. The average molecular weight is 343 g/mol. The molecule has 5 heteroatoms. The molecule has 1 atom stereocenters. The van der Waals surface area contributed by atoms with Crippen LogP contribution in [0.2, 0.25) is 0 Å². The van der Waals surface area contributed by atoms with Gasteiger partial charge in [-0.05, 0) is 41.8 Å². The highest BCUT2D eigenvalue weighted by molar-refractivity contribution is 5.76. The van der Waals surface area contributed by atoms with E-state index in [9.17, 15) is 4.79 Å². The van der Waals surface area contributed by atoms with Crippen LogP contribution in [-0.4, -0.2) is 33.8 Å². The average Bonchev–Trinajstić information content (AvgIpc) is 2.67. The van der Waals surface area contributed by atoms with E-state index in [0.717, 1.165) is 22.6 Å². The maximum atomic E-state index is 12.1. The molecule has 0 aromatic heterocycles. The molecule has 0 radical (unpaired) electrons. The number of carbonyl (C=O) groups excluding carboxylic acids is 1. The highest BCUT2D eigenvalue weighted by Crippen LogP contribution is 2.21. The lowest BCUT2D eigenvalue weighted by atomic mass is 10.1. The molecule has 2 rings (SSSR count). The van der Waals surface area contributed by atoms with Crippen molar-refractivity contribution in [1.82, 2.24) is 5.32 Å². The number of hydrogen-bond donors (Lipinski definition) is 1. The van der Waals surface area contributed by atoms with Crippen molar-refractivity contribution in [1.29, 1.82) is 0 Å². The number of hydrogen-bond acceptors (Lipinski definition) is 4. The van der Waals surface area contributed by atoms with Crippen molar-refractivity contribution < 1.29 is 19.0 Å². The number of amides is 1. The second-order valence-electron chi connectivity index (χ2n) is 5.65. The molecule has 0 aliphatic carbocycles. The van der Waals surface area contributed by atoms with Gasteiger partial charge in [-0.2, -0.15) is 0 Å². The smallest absolute Gasteiger partial charge is 0.220 e. The van der Waals surface area contributed by atoms with Crippen LogP contribution in [0.5, 0.6) is 11.5 Å². The zero-order valence-electron chi connectivity index (χ0n) is 15.0. The number of carbonyl (C=O) groups is 1. The van der Waals surface area contributed by atoms with Crippen molar-refractivity contribution >= 4 is 5.91 Å². The minimum atomic E-state index is -0.208. The van der Waals surface area contributed by atoms with Crippen LogP contribution in [0.4, 0.5) is 0 Å². The third-order valence-electron chi connectivity index (χ3n) is 4.03. The van der Waals surface area contributed by atoms with E-state index in [-0.39, 0.29) is 12.0 Å². The molecule has 0 aliphatic heterocycles. The zero-order valence-corrected chi connectivity index (χ0v) is 15.0. The van der Waals surface area contributed by atoms with Crippen LogP contribution < -0.4 is 14.8 Å². The van der Waals surface area contributed by atoms with Gasteiger partial charge >= 0.3 is 0 Å². The fourth-order valence-electron chi connectivity index (χ4n) is 2.52. The Kier molecular flexibility index (Phi) is 7.29. The summed E-state index contributed by atoms with van der Waals surface area (Å²) in [5, 5.41) is 2.93. The molecule has 0 saturated carbocycles. The Labute approximate surface area is 148 Å². The Morgan fingerprint density at radius 1 is 1.00 bits per heavy atom. The summed E-state index contributed by atoms with van der Waals surface area (Å²) in [6.45, 7) is 0.422. The summed E-state index contributed by atoms with van der Waals surface area (Å²) >= 11 is 0. The van der Waals surface area contributed by atoms with Gasteiger partial charge in [-0.25, -0.2) is 0 Å². The van der Waals surface area contributed by atoms with Gasteiger partial charge in [0.05, 0.1) is 20.3 Å². The molecule has 0 aliphatic rings. The van der Waals surface area contributed by atoms with E-state index in [2.05, 4.69) is 5.32 Å². The molecular formula is C20H25NO4. The predicted molar refractivity (Wildman–Crippen MR) is 97.1 cm³/mol. The van der Waals surface area contributed by atoms with E-state index in [0.29, 0.717) is 19.4 Å². The molecule has 0 fully saturated rings. The summed E-state index contributed by atoms with van der Waals surface area (Å²) in [7, 11) is 4.90. The Morgan fingerprint density at radius 2 is 1.72 bits per heavy atom. The summed E-state index contributed by atoms with van der Waals surface area (Å²) in [6, 6.07) is 15.4. The Morgan fingerprint density at radius 3 is 2.36 bits per heavy atom. The highest BCUT2D eigenvalue weighted by Gasteiger charge is 2.13. The Balaban J connectivity index is 1.82. The van der Waals surface area contributed by atoms with Crippen LogP contribution in [0.3, 0.4) is 0 Å². The number of rotatable bonds is 9. The van der Waals surface area contributed by atoms with Gasteiger partial charge in [-0.15, -0.1) is 0 Å². The van der Waals surface area contributed by atoms with Crippen molar-refractivity contribution in [3.05, 3.63) is 59.7 Å². The van der Waals surface area contributed by atoms with Crippen molar-refractivity contribution in [2.24, 2.45) is 0 Å². The quantitative estimate of drug-likeness (QED) is 0.760. The molecule has 25 heavy (non-hydrogen) atoms. The molecule has 0 unspecified atom stereocenters. The lowest BCUT2D eigenvalue weighted by Crippen LogP contribution is -2.29. The van der Waals surface area contributed by atoms with Crippen molar-refractivity contribution in [3.63, 3.8) is 0 Å². The molecule has 134 valence electrons. The lowest BCUT2D eigenvalue weighted by molar-refractivity contribution is -0.121. The van der Waals surface area contributed by atoms with Crippen LogP contribution >= 0.6 is 0 Å². The normalized spacial score (nSPS) is 11.6. The first kappa shape index (κ1) is 18.8. The van der Waals surface area contributed by atoms with Gasteiger partial charge in [0.25, 0.3) is 0 Å². The third-order valence-corrected chi connectivity index (χ3v) is 4.03. The first-order valence-electron chi connectivity index (χ1n) is 8.22. The number of ether oxygens (including phenoxy) is 3. The van der Waals surface area contributed by atoms with Gasteiger partial charge in [0.2, 0.25) is 5.91 Å². The summed E-state index contributed by atoms with van der Waals surface area (Å²) in [4.78, 5) is 12.1. The molecule has 2 aromatic carbocycles. The molecular weight excluding hydrogens is 318 g/mol. The molecule has 0 heterocycles. The monoisotopic (exact) mass is 343 g/mol. The third kappa shape index (κ3) is 5.80. The predicted octanol–water partition coefficient (Wildman–Crippen LogP) is 3.14. The van der Waals surface area contributed by atoms with Gasteiger partial charge in [-0.1, -0.05) is 24.3 Å². The van der Waals surface area contributed by atoms with Gasteiger partial charge in [0.15, 0.2) is 0 Å². The van der Waals surface area contributed by atoms with Crippen molar-refractivity contribution in [3.8, 4) is 11.5 Å². The second kappa shape index (κ2) is 9.69. The van der Waals surface area contributed by atoms with Crippen LogP contribution in [-0.2, 0) is 16.0 Å². The second-order valence-corrected chi connectivity index (χ2v) is 5.65. The maximum absolute atomic E-state index is 12.1. The summed E-state index contributed by atoms with van der Waals surface area (Å²) in [5.74, 6) is 1.58. The van der Waals surface area contributed by atoms with E-state index < -0.39 is 0 Å². The van der Waals surface area contributed by atoms with E-state index in [4.69, 9.17) is 14.2 Å². The first-order chi connectivity index (χ1) is 12.2. The Bertz CT molecular complexity index is 670. The van der Waals surface area contributed by atoms with Gasteiger partial charge in [0.1, 0.15) is 11.5 Å². The van der Waals surface area contributed by atoms with Gasteiger partial charge in [-0.3, -0.25) is 4.79 Å². The summed E-state index contributed by atoms with van der Waals surface area (Å²) in [6.07, 6.45) is 0.910. The SMILES string of the molecule is COc1ccc(CCC(=O)NC[C@H](OC)c2cccc(OC)c2)cc1. The molecule has 0 bridgehead atoms. The fraction of sp³-hybridized carbons (Fsp3) is 0.350. The lowest BCUT2D eigenvalue weighted by Gasteiger charge is -2.17. The fourth-order valence-corrected chi connectivity index (χ4v) is 2.52. The van der Waals surface area contributed by atoms with Gasteiger partial charge in [0, 0.05) is 20.1 Å². The number of nitrogens with one attached hydrogen (secondary N) is 1. The minimum Gasteiger partial charge on any atom is -0.497 e. The maximum Gasteiger partial charge on any atom is 0.220 e. The molecule has 0 spiro atoms. The van der Waals surface area contributed by atoms with Crippen LogP contribution in [0.25, 0.3) is 0 Å². The largest absolute Gasteiger partial charge is 0.497 e. The summed E-state index contributed by atoms with van der Waals surface area (Å²) < 4.78 is 15.8. The number of benzene rings is 2. The first-order valence-corrected chi connectivity index (χ1v) is 8.22. The zero-order chi connectivity index (χ0) is 18.1. The minimum absolute atomic E-state index is 0.000708. The summed E-state index contributed by atoms with van der Waals surface area (Å²) in [5.41, 5.74) is 2.07. The van der Waals surface area contributed by atoms with Crippen LogP contribution in [0, 0.1) is 0 Å². The highest BCUT2D eigenvalue weighted by atomic mass is 16.5.